The van der Waals surface area contributed by atoms with Crippen LogP contribution in [0.25, 0.3) is 0 Å². The summed E-state index contributed by atoms with van der Waals surface area (Å²) in [6, 6.07) is 20.6. The van der Waals surface area contributed by atoms with E-state index < -0.39 is 17.0 Å². The molecule has 1 aliphatic heterocycles. The van der Waals surface area contributed by atoms with Crippen molar-refractivity contribution in [1.29, 1.82) is 0 Å². The normalized spacial score (nSPS) is 16.8. The fourth-order valence-electron chi connectivity index (χ4n) is 3.68. The van der Waals surface area contributed by atoms with Crippen LogP contribution in [0.3, 0.4) is 0 Å². The molecule has 192 valence electrons. The van der Waals surface area contributed by atoms with Gasteiger partial charge in [-0.05, 0) is 48.9 Å². The number of carbonyl (C=O) groups is 2. The Morgan fingerprint density at radius 2 is 1.78 bits per heavy atom. The molecule has 6 nitrogen and oxygen atoms in total. The molecule has 1 atom stereocenters. The molecule has 0 aliphatic carbocycles. The first kappa shape index (κ1) is 26.3. The SMILES string of the molecule is CCOc1cccc(NC(=O)C[C@@H]2SC(=Nc3ccc(C(F)(F)F)cc3)N(Cc3ccccc3)C2=O)c1. The Balaban J connectivity index is 1.53. The number of rotatable bonds is 8. The number of ether oxygens (including phenoxy) is 1. The minimum atomic E-state index is -4.45. The van der Waals surface area contributed by atoms with Crippen LogP contribution in [0, 0.1) is 0 Å². The molecule has 0 bridgehead atoms. The van der Waals surface area contributed by atoms with Gasteiger partial charge in [-0.2, -0.15) is 13.2 Å². The highest BCUT2D eigenvalue weighted by Crippen LogP contribution is 2.34. The smallest absolute Gasteiger partial charge is 0.416 e. The van der Waals surface area contributed by atoms with Crippen LogP contribution in [-0.2, 0) is 22.3 Å². The molecule has 1 fully saturated rings. The summed E-state index contributed by atoms with van der Waals surface area (Å²) in [5, 5.41) is 2.38. The average Bonchev–Trinajstić information content (AvgIpc) is 3.13. The number of anilines is 1. The summed E-state index contributed by atoms with van der Waals surface area (Å²) < 4.78 is 44.2. The zero-order chi connectivity index (χ0) is 26.4. The lowest BCUT2D eigenvalue weighted by molar-refractivity contribution is -0.137. The van der Waals surface area contributed by atoms with Gasteiger partial charge in [0.1, 0.15) is 11.0 Å². The summed E-state index contributed by atoms with van der Waals surface area (Å²) >= 11 is 1.12. The van der Waals surface area contributed by atoms with Crippen molar-refractivity contribution in [3.8, 4) is 5.75 Å². The van der Waals surface area contributed by atoms with Gasteiger partial charge in [0.15, 0.2) is 5.17 Å². The number of hydrogen-bond acceptors (Lipinski definition) is 5. The summed E-state index contributed by atoms with van der Waals surface area (Å²) in [6.07, 6.45) is -4.55. The maximum Gasteiger partial charge on any atom is 0.416 e. The van der Waals surface area contributed by atoms with E-state index >= 15 is 0 Å². The van der Waals surface area contributed by atoms with E-state index in [0.717, 1.165) is 29.5 Å². The van der Waals surface area contributed by atoms with E-state index in [-0.39, 0.29) is 30.5 Å². The number of benzene rings is 3. The van der Waals surface area contributed by atoms with Gasteiger partial charge in [0.05, 0.1) is 24.4 Å². The number of alkyl halides is 3. The molecule has 0 spiro atoms. The number of amides is 2. The molecule has 1 N–H and O–H groups in total. The molecule has 1 saturated heterocycles. The summed E-state index contributed by atoms with van der Waals surface area (Å²) in [5.74, 6) is -0.0284. The van der Waals surface area contributed by atoms with Crippen molar-refractivity contribution in [3.63, 3.8) is 0 Å². The highest BCUT2D eigenvalue weighted by Gasteiger charge is 2.39. The topological polar surface area (TPSA) is 71.0 Å². The standard InChI is InChI=1S/C27H24F3N3O3S/c1-2-36-22-10-6-9-21(15-22)31-24(34)16-23-25(35)33(17-18-7-4-3-5-8-18)26(37-23)32-20-13-11-19(12-14-20)27(28,29)30/h3-15,23H,2,16-17H2,1H3,(H,31,34)/t23-/m0/s1. The van der Waals surface area contributed by atoms with Crippen molar-refractivity contribution >= 4 is 40.1 Å². The molecular formula is C27H24F3N3O3S. The summed E-state index contributed by atoms with van der Waals surface area (Å²) in [4.78, 5) is 32.0. The average molecular weight is 528 g/mol. The Labute approximate surface area is 216 Å². The van der Waals surface area contributed by atoms with Crippen LogP contribution < -0.4 is 10.1 Å². The van der Waals surface area contributed by atoms with Gasteiger partial charge in [-0.1, -0.05) is 48.2 Å². The van der Waals surface area contributed by atoms with Crippen molar-refractivity contribution in [3.05, 3.63) is 90.0 Å². The monoisotopic (exact) mass is 527 g/mol. The molecule has 37 heavy (non-hydrogen) atoms. The minimum absolute atomic E-state index is 0.0975. The van der Waals surface area contributed by atoms with Gasteiger partial charge in [0.2, 0.25) is 11.8 Å². The summed E-state index contributed by atoms with van der Waals surface area (Å²) in [5.41, 5.74) is 0.899. The molecule has 10 heteroatoms. The number of nitrogens with zero attached hydrogens (tertiary/aromatic N) is 2. The minimum Gasteiger partial charge on any atom is -0.494 e. The lowest BCUT2D eigenvalue weighted by atomic mass is 10.2. The Morgan fingerprint density at radius 1 is 1.05 bits per heavy atom. The molecule has 0 saturated carbocycles. The number of thioether (sulfide) groups is 1. The van der Waals surface area contributed by atoms with E-state index in [1.54, 1.807) is 24.3 Å². The van der Waals surface area contributed by atoms with Gasteiger partial charge < -0.3 is 10.1 Å². The second-order valence-electron chi connectivity index (χ2n) is 8.17. The molecule has 3 aromatic carbocycles. The Hall–Kier alpha value is -3.79. The molecule has 2 amide bonds. The third kappa shape index (κ3) is 6.91. The molecule has 0 aromatic heterocycles. The maximum atomic E-state index is 13.3. The lowest BCUT2D eigenvalue weighted by Crippen LogP contribution is -2.33. The highest BCUT2D eigenvalue weighted by atomic mass is 32.2. The molecule has 1 aliphatic rings. The molecule has 0 unspecified atom stereocenters. The molecular weight excluding hydrogens is 503 g/mol. The lowest BCUT2D eigenvalue weighted by Gasteiger charge is -2.17. The fraction of sp³-hybridized carbons (Fsp3) is 0.222. The molecule has 3 aromatic rings. The number of halogens is 3. The van der Waals surface area contributed by atoms with Gasteiger partial charge in [-0.15, -0.1) is 0 Å². The van der Waals surface area contributed by atoms with Crippen LogP contribution in [-0.4, -0.2) is 33.7 Å². The first-order valence-corrected chi connectivity index (χ1v) is 12.4. The van der Waals surface area contributed by atoms with Gasteiger partial charge in [-0.3, -0.25) is 14.5 Å². The number of carbonyl (C=O) groups excluding carboxylic acids is 2. The Morgan fingerprint density at radius 3 is 2.46 bits per heavy atom. The van der Waals surface area contributed by atoms with Gasteiger partial charge in [-0.25, -0.2) is 4.99 Å². The highest BCUT2D eigenvalue weighted by molar-refractivity contribution is 8.15. The summed E-state index contributed by atoms with van der Waals surface area (Å²) in [7, 11) is 0. The van der Waals surface area contributed by atoms with Crippen molar-refractivity contribution in [2.45, 2.75) is 31.3 Å². The largest absolute Gasteiger partial charge is 0.494 e. The van der Waals surface area contributed by atoms with Crippen LogP contribution in [0.2, 0.25) is 0 Å². The zero-order valence-electron chi connectivity index (χ0n) is 19.9. The van der Waals surface area contributed by atoms with Crippen molar-refractivity contribution in [2.24, 2.45) is 4.99 Å². The van der Waals surface area contributed by atoms with E-state index in [1.165, 1.54) is 17.0 Å². The van der Waals surface area contributed by atoms with Crippen LogP contribution in [0.15, 0.2) is 83.9 Å². The fourth-order valence-corrected chi connectivity index (χ4v) is 4.84. The van der Waals surface area contributed by atoms with Crippen molar-refractivity contribution in [2.75, 3.05) is 11.9 Å². The number of aliphatic imine (C=N–C) groups is 1. The van der Waals surface area contributed by atoms with Crippen LogP contribution in [0.5, 0.6) is 5.75 Å². The first-order chi connectivity index (χ1) is 17.7. The van der Waals surface area contributed by atoms with E-state index in [0.29, 0.717) is 23.2 Å². The number of amidine groups is 1. The second kappa shape index (κ2) is 11.5. The predicted octanol–water partition coefficient (Wildman–Crippen LogP) is 6.26. The third-order valence-corrected chi connectivity index (χ3v) is 6.60. The van der Waals surface area contributed by atoms with Gasteiger partial charge in [0.25, 0.3) is 0 Å². The van der Waals surface area contributed by atoms with E-state index in [1.807, 2.05) is 37.3 Å². The number of hydrogen-bond donors (Lipinski definition) is 1. The van der Waals surface area contributed by atoms with E-state index in [4.69, 9.17) is 4.74 Å². The van der Waals surface area contributed by atoms with Gasteiger partial charge >= 0.3 is 6.18 Å². The van der Waals surface area contributed by atoms with E-state index in [2.05, 4.69) is 10.3 Å². The van der Waals surface area contributed by atoms with Crippen LogP contribution >= 0.6 is 11.8 Å². The van der Waals surface area contributed by atoms with Crippen LogP contribution in [0.1, 0.15) is 24.5 Å². The molecule has 1 heterocycles. The molecule has 4 rings (SSSR count). The quantitative estimate of drug-likeness (QED) is 0.375. The predicted molar refractivity (Wildman–Crippen MR) is 138 cm³/mol. The Kier molecular flexibility index (Phi) is 8.17. The van der Waals surface area contributed by atoms with Crippen LogP contribution in [0.4, 0.5) is 24.5 Å². The van der Waals surface area contributed by atoms with E-state index in [9.17, 15) is 22.8 Å². The van der Waals surface area contributed by atoms with Gasteiger partial charge in [0, 0.05) is 18.2 Å². The Bertz CT molecular complexity index is 1280. The van der Waals surface area contributed by atoms with Crippen molar-refractivity contribution < 1.29 is 27.5 Å². The second-order valence-corrected chi connectivity index (χ2v) is 9.34. The van der Waals surface area contributed by atoms with Crippen molar-refractivity contribution in [1.82, 2.24) is 4.90 Å². The summed E-state index contributed by atoms with van der Waals surface area (Å²) in [6.45, 7) is 2.57. The zero-order valence-corrected chi connectivity index (χ0v) is 20.7. The number of nitrogens with one attached hydrogen (secondary N) is 1. The maximum absolute atomic E-state index is 13.3. The third-order valence-electron chi connectivity index (χ3n) is 5.42. The molecule has 0 radical (unpaired) electrons. The first-order valence-electron chi connectivity index (χ1n) is 11.5.